The number of nitrogen functional groups attached to an aromatic ring is 1. The van der Waals surface area contributed by atoms with Crippen LogP contribution in [0.25, 0.3) is 0 Å². The van der Waals surface area contributed by atoms with Crippen LogP contribution in [0.2, 0.25) is 0 Å². The molecule has 21 heavy (non-hydrogen) atoms. The number of nitrogens with zero attached hydrogens (tertiary/aromatic N) is 2. The van der Waals surface area contributed by atoms with Gasteiger partial charge in [0, 0.05) is 24.3 Å². The fourth-order valence-corrected chi connectivity index (χ4v) is 2.17. The van der Waals surface area contributed by atoms with E-state index < -0.39 is 0 Å². The second-order valence-electron chi connectivity index (χ2n) is 5.55. The number of hydrogen-bond donors (Lipinski definition) is 2. The number of carbonyl (C=O) groups excluding carboxylic acids is 1. The van der Waals surface area contributed by atoms with Crippen molar-refractivity contribution in [3.63, 3.8) is 0 Å². The number of carbonyl (C=O) groups is 1. The van der Waals surface area contributed by atoms with Crippen LogP contribution in [0.15, 0.2) is 12.1 Å². The van der Waals surface area contributed by atoms with Gasteiger partial charge in [-0.25, -0.2) is 4.98 Å². The molecular weight excluding hydrogens is 264 g/mol. The van der Waals surface area contributed by atoms with E-state index in [1.54, 1.807) is 6.07 Å². The lowest BCUT2D eigenvalue weighted by Crippen LogP contribution is -2.35. The molecule has 0 radical (unpaired) electrons. The number of nitrogens with one attached hydrogen (secondary N) is 1. The standard InChI is InChI=1S/C16H28N4O/c1-5-8-20(6-2)9-7-18-16(21)13-10-14(12(3)4)19-15(17)11-13/h10-12H,5-9H2,1-4H3,(H2,17,19)(H,18,21). The number of likely N-dealkylation sites (N-methyl/N-ethyl adjacent to an activating group) is 1. The summed E-state index contributed by atoms with van der Waals surface area (Å²) in [5.41, 5.74) is 7.21. The van der Waals surface area contributed by atoms with Crippen molar-refractivity contribution in [1.82, 2.24) is 15.2 Å². The highest BCUT2D eigenvalue weighted by atomic mass is 16.1. The van der Waals surface area contributed by atoms with Crippen molar-refractivity contribution in [3.8, 4) is 0 Å². The average molecular weight is 292 g/mol. The van der Waals surface area contributed by atoms with Gasteiger partial charge in [-0.2, -0.15) is 0 Å². The maximum absolute atomic E-state index is 12.2. The molecule has 118 valence electrons. The Kier molecular flexibility index (Phi) is 7.15. The van der Waals surface area contributed by atoms with E-state index in [0.29, 0.717) is 17.9 Å². The minimum absolute atomic E-state index is 0.0847. The Balaban J connectivity index is 2.59. The van der Waals surface area contributed by atoms with E-state index in [9.17, 15) is 4.79 Å². The van der Waals surface area contributed by atoms with Crippen molar-refractivity contribution < 1.29 is 4.79 Å². The van der Waals surface area contributed by atoms with Crippen LogP contribution in [0.1, 0.15) is 56.1 Å². The van der Waals surface area contributed by atoms with Gasteiger partial charge in [-0.3, -0.25) is 4.79 Å². The molecule has 0 aliphatic rings. The topological polar surface area (TPSA) is 71.2 Å². The summed E-state index contributed by atoms with van der Waals surface area (Å²) in [5.74, 6) is 0.561. The molecule has 1 aromatic heterocycles. The number of nitrogens with two attached hydrogens (primary N) is 1. The van der Waals surface area contributed by atoms with Gasteiger partial charge in [0.1, 0.15) is 5.82 Å². The van der Waals surface area contributed by atoms with Crippen LogP contribution in [0.5, 0.6) is 0 Å². The highest BCUT2D eigenvalue weighted by molar-refractivity contribution is 5.94. The molecule has 0 unspecified atom stereocenters. The molecule has 3 N–H and O–H groups in total. The first kappa shape index (κ1) is 17.4. The molecule has 1 aromatic rings. The summed E-state index contributed by atoms with van der Waals surface area (Å²) in [6, 6.07) is 3.45. The van der Waals surface area contributed by atoms with Crippen molar-refractivity contribution in [1.29, 1.82) is 0 Å². The van der Waals surface area contributed by atoms with Crippen LogP contribution in [-0.2, 0) is 0 Å². The molecule has 0 bridgehead atoms. The lowest BCUT2D eigenvalue weighted by atomic mass is 10.1. The zero-order valence-corrected chi connectivity index (χ0v) is 13.6. The summed E-state index contributed by atoms with van der Waals surface area (Å²) in [6.07, 6.45) is 1.13. The maximum atomic E-state index is 12.2. The van der Waals surface area contributed by atoms with Crippen LogP contribution in [0, 0.1) is 0 Å². The van der Waals surface area contributed by atoms with Gasteiger partial charge < -0.3 is 16.0 Å². The van der Waals surface area contributed by atoms with E-state index in [1.165, 1.54) is 0 Å². The number of rotatable bonds is 8. The van der Waals surface area contributed by atoms with E-state index in [1.807, 2.05) is 19.9 Å². The van der Waals surface area contributed by atoms with E-state index >= 15 is 0 Å². The largest absolute Gasteiger partial charge is 0.384 e. The summed E-state index contributed by atoms with van der Waals surface area (Å²) in [7, 11) is 0. The quantitative estimate of drug-likeness (QED) is 0.771. The predicted octanol–water partition coefficient (Wildman–Crippen LogP) is 2.25. The maximum Gasteiger partial charge on any atom is 0.251 e. The van der Waals surface area contributed by atoms with Gasteiger partial charge in [0.15, 0.2) is 0 Å². The van der Waals surface area contributed by atoms with E-state index in [2.05, 4.69) is 29.0 Å². The number of aromatic nitrogens is 1. The van der Waals surface area contributed by atoms with Gasteiger partial charge in [0.05, 0.1) is 0 Å². The zero-order chi connectivity index (χ0) is 15.8. The number of hydrogen-bond acceptors (Lipinski definition) is 4. The molecular formula is C16H28N4O. The van der Waals surface area contributed by atoms with E-state index in [0.717, 1.165) is 31.7 Å². The Hall–Kier alpha value is -1.62. The lowest BCUT2D eigenvalue weighted by Gasteiger charge is -2.19. The van der Waals surface area contributed by atoms with E-state index in [4.69, 9.17) is 5.73 Å². The molecule has 1 amide bonds. The van der Waals surface area contributed by atoms with Crippen molar-refractivity contribution in [2.24, 2.45) is 0 Å². The molecule has 1 rings (SSSR count). The summed E-state index contributed by atoms with van der Waals surface area (Å²) in [5, 5.41) is 2.95. The smallest absolute Gasteiger partial charge is 0.251 e. The lowest BCUT2D eigenvalue weighted by molar-refractivity contribution is 0.0948. The molecule has 0 saturated carbocycles. The van der Waals surface area contributed by atoms with Crippen molar-refractivity contribution in [2.45, 2.75) is 40.0 Å². The number of amides is 1. The van der Waals surface area contributed by atoms with Crippen LogP contribution in [0.3, 0.4) is 0 Å². The summed E-state index contributed by atoms with van der Waals surface area (Å²) in [6.45, 7) is 11.9. The van der Waals surface area contributed by atoms with Crippen molar-refractivity contribution in [2.75, 3.05) is 31.9 Å². The van der Waals surface area contributed by atoms with Gasteiger partial charge in [-0.15, -0.1) is 0 Å². The zero-order valence-electron chi connectivity index (χ0n) is 13.6. The minimum Gasteiger partial charge on any atom is -0.384 e. The van der Waals surface area contributed by atoms with Crippen molar-refractivity contribution in [3.05, 3.63) is 23.4 Å². The van der Waals surface area contributed by atoms with Gasteiger partial charge >= 0.3 is 0 Å². The normalized spacial score (nSPS) is 11.1. The minimum atomic E-state index is -0.0847. The Morgan fingerprint density at radius 3 is 2.62 bits per heavy atom. The molecule has 0 fully saturated rings. The fraction of sp³-hybridized carbons (Fsp3) is 0.625. The molecule has 1 heterocycles. The first-order chi connectivity index (χ1) is 9.97. The fourth-order valence-electron chi connectivity index (χ4n) is 2.17. The van der Waals surface area contributed by atoms with Crippen molar-refractivity contribution >= 4 is 11.7 Å². The first-order valence-electron chi connectivity index (χ1n) is 7.75. The van der Waals surface area contributed by atoms with Crippen LogP contribution in [-0.4, -0.2) is 42.0 Å². The molecule has 0 spiro atoms. The highest BCUT2D eigenvalue weighted by Crippen LogP contribution is 2.15. The second kappa shape index (κ2) is 8.62. The summed E-state index contributed by atoms with van der Waals surface area (Å²) < 4.78 is 0. The average Bonchev–Trinajstić information content (AvgIpc) is 2.45. The summed E-state index contributed by atoms with van der Waals surface area (Å²) in [4.78, 5) is 18.8. The van der Waals surface area contributed by atoms with Crippen LogP contribution < -0.4 is 11.1 Å². The molecule has 0 aromatic carbocycles. The third kappa shape index (κ3) is 5.71. The number of anilines is 1. The first-order valence-corrected chi connectivity index (χ1v) is 7.75. The molecule has 0 aliphatic heterocycles. The van der Waals surface area contributed by atoms with Crippen LogP contribution in [0.4, 0.5) is 5.82 Å². The van der Waals surface area contributed by atoms with Gasteiger partial charge in [0.25, 0.3) is 5.91 Å². The Morgan fingerprint density at radius 1 is 1.33 bits per heavy atom. The molecule has 5 nitrogen and oxygen atoms in total. The predicted molar refractivity (Wildman–Crippen MR) is 87.5 cm³/mol. The van der Waals surface area contributed by atoms with Gasteiger partial charge in [0.2, 0.25) is 0 Å². The SMILES string of the molecule is CCCN(CC)CCNC(=O)c1cc(N)nc(C(C)C)c1. The Morgan fingerprint density at radius 2 is 2.05 bits per heavy atom. The molecule has 5 heteroatoms. The molecule has 0 saturated heterocycles. The summed E-state index contributed by atoms with van der Waals surface area (Å²) >= 11 is 0. The molecule has 0 aliphatic carbocycles. The monoisotopic (exact) mass is 292 g/mol. The highest BCUT2D eigenvalue weighted by Gasteiger charge is 2.11. The van der Waals surface area contributed by atoms with Gasteiger partial charge in [-0.05, 0) is 37.6 Å². The third-order valence-electron chi connectivity index (χ3n) is 3.42. The van der Waals surface area contributed by atoms with Crippen LogP contribution >= 0.6 is 0 Å². The second-order valence-corrected chi connectivity index (χ2v) is 5.55. The Labute approximate surface area is 127 Å². The number of pyridine rings is 1. The third-order valence-corrected chi connectivity index (χ3v) is 3.42. The molecule has 0 atom stereocenters. The van der Waals surface area contributed by atoms with E-state index in [-0.39, 0.29) is 11.8 Å². The van der Waals surface area contributed by atoms with Gasteiger partial charge in [-0.1, -0.05) is 27.7 Å². The Bertz CT molecular complexity index is 460.